The molecule has 96 valence electrons. The minimum Gasteiger partial charge on any atom is -0.308 e. The van der Waals surface area contributed by atoms with Gasteiger partial charge in [-0.05, 0) is 31.2 Å². The fourth-order valence-electron chi connectivity index (χ4n) is 2.05. The molecule has 1 atom stereocenters. The lowest BCUT2D eigenvalue weighted by Crippen LogP contribution is -2.21. The second-order valence-corrected chi connectivity index (χ2v) is 5.06. The summed E-state index contributed by atoms with van der Waals surface area (Å²) in [7, 11) is 3.75. The quantitative estimate of drug-likeness (QED) is 0.936. The molecule has 0 saturated carbocycles. The van der Waals surface area contributed by atoms with Gasteiger partial charge in [0.2, 0.25) is 0 Å². The third-order valence-electron chi connectivity index (χ3n) is 2.97. The minimum atomic E-state index is -0.0712. The molecular weight excluding hydrogens is 269 g/mol. The predicted octanol–water partition coefficient (Wildman–Crippen LogP) is 3.34. The number of benzene rings is 1. The van der Waals surface area contributed by atoms with E-state index in [0.717, 1.165) is 21.8 Å². The van der Waals surface area contributed by atoms with Crippen LogP contribution in [0.25, 0.3) is 0 Å². The fraction of sp³-hybridized carbons (Fsp3) is 0.308. The first-order valence-corrected chi connectivity index (χ1v) is 6.41. The molecule has 18 heavy (non-hydrogen) atoms. The monoisotopic (exact) mass is 283 g/mol. The molecule has 1 heterocycles. The van der Waals surface area contributed by atoms with Crippen LogP contribution < -0.4 is 5.32 Å². The van der Waals surface area contributed by atoms with Crippen LogP contribution in [-0.2, 0) is 7.05 Å². The minimum absolute atomic E-state index is 0.0712. The normalized spacial score (nSPS) is 12.7. The van der Waals surface area contributed by atoms with E-state index in [2.05, 4.69) is 10.4 Å². The Balaban J connectivity index is 2.52. The molecule has 0 aliphatic carbocycles. The van der Waals surface area contributed by atoms with Gasteiger partial charge in [0, 0.05) is 12.1 Å². The van der Waals surface area contributed by atoms with Crippen LogP contribution in [0.5, 0.6) is 0 Å². The van der Waals surface area contributed by atoms with Crippen LogP contribution in [0.1, 0.15) is 22.9 Å². The molecule has 2 rings (SSSR count). The summed E-state index contributed by atoms with van der Waals surface area (Å²) in [5.41, 5.74) is 3.04. The molecule has 3 nitrogen and oxygen atoms in total. The van der Waals surface area contributed by atoms with Gasteiger partial charge in [-0.1, -0.05) is 35.3 Å². The fourth-order valence-corrected chi connectivity index (χ4v) is 2.67. The summed E-state index contributed by atoms with van der Waals surface area (Å²) in [4.78, 5) is 0. The summed E-state index contributed by atoms with van der Waals surface area (Å²) in [5.74, 6) is 0. The molecule has 1 aromatic heterocycles. The smallest absolute Gasteiger partial charge is 0.0837 e. The lowest BCUT2D eigenvalue weighted by Gasteiger charge is -2.19. The molecule has 0 aliphatic rings. The predicted molar refractivity (Wildman–Crippen MR) is 75.3 cm³/mol. The first kappa shape index (κ1) is 13.4. The Hall–Kier alpha value is -1.03. The molecule has 1 unspecified atom stereocenters. The van der Waals surface area contributed by atoms with Gasteiger partial charge < -0.3 is 5.32 Å². The largest absolute Gasteiger partial charge is 0.308 e. The van der Waals surface area contributed by atoms with Crippen LogP contribution in [0.15, 0.2) is 24.4 Å². The van der Waals surface area contributed by atoms with E-state index in [1.165, 1.54) is 0 Å². The van der Waals surface area contributed by atoms with Gasteiger partial charge in [0.1, 0.15) is 0 Å². The second-order valence-electron chi connectivity index (χ2n) is 4.25. The van der Waals surface area contributed by atoms with Gasteiger partial charge in [0.05, 0.1) is 23.0 Å². The number of hydrogen-bond acceptors (Lipinski definition) is 2. The van der Waals surface area contributed by atoms with E-state index < -0.39 is 0 Å². The van der Waals surface area contributed by atoms with Crippen molar-refractivity contribution in [2.45, 2.75) is 13.0 Å². The van der Waals surface area contributed by atoms with E-state index >= 15 is 0 Å². The Morgan fingerprint density at radius 3 is 2.50 bits per heavy atom. The van der Waals surface area contributed by atoms with Gasteiger partial charge in [0.25, 0.3) is 0 Å². The first-order chi connectivity index (χ1) is 8.54. The van der Waals surface area contributed by atoms with Crippen molar-refractivity contribution in [2.24, 2.45) is 7.05 Å². The van der Waals surface area contributed by atoms with E-state index in [9.17, 15) is 0 Å². The van der Waals surface area contributed by atoms with E-state index in [0.29, 0.717) is 5.02 Å². The molecule has 5 heteroatoms. The standard InChI is InChI=1S/C13H15Cl2N3/c1-8-4-5-9(10(14)6-8)12(16-2)13-11(15)7-17-18(13)3/h4-7,12,16H,1-3H3. The van der Waals surface area contributed by atoms with Crippen LogP contribution >= 0.6 is 23.2 Å². The van der Waals surface area contributed by atoms with Crippen LogP contribution in [0, 0.1) is 6.92 Å². The van der Waals surface area contributed by atoms with Crippen LogP contribution in [0.4, 0.5) is 0 Å². The molecule has 0 fully saturated rings. The number of aromatic nitrogens is 2. The Morgan fingerprint density at radius 1 is 1.28 bits per heavy atom. The highest BCUT2D eigenvalue weighted by atomic mass is 35.5. The lowest BCUT2D eigenvalue weighted by atomic mass is 10.0. The molecule has 0 amide bonds. The van der Waals surface area contributed by atoms with Gasteiger partial charge in [0.15, 0.2) is 0 Å². The Labute approximate surface area is 117 Å². The lowest BCUT2D eigenvalue weighted by molar-refractivity contribution is 0.606. The summed E-state index contributed by atoms with van der Waals surface area (Å²) in [6, 6.07) is 5.93. The van der Waals surface area contributed by atoms with Crippen LogP contribution in [0.2, 0.25) is 10.0 Å². The average molecular weight is 284 g/mol. The summed E-state index contributed by atoms with van der Waals surface area (Å²) < 4.78 is 1.76. The zero-order valence-electron chi connectivity index (χ0n) is 10.5. The Morgan fingerprint density at radius 2 is 2.00 bits per heavy atom. The van der Waals surface area contributed by atoms with Gasteiger partial charge in [-0.25, -0.2) is 0 Å². The number of rotatable bonds is 3. The van der Waals surface area contributed by atoms with Gasteiger partial charge in [-0.15, -0.1) is 0 Å². The molecule has 0 bridgehead atoms. The highest BCUT2D eigenvalue weighted by Crippen LogP contribution is 2.32. The summed E-state index contributed by atoms with van der Waals surface area (Å²) in [5, 5.41) is 8.75. The van der Waals surface area contributed by atoms with Crippen molar-refractivity contribution in [3.05, 3.63) is 51.3 Å². The van der Waals surface area contributed by atoms with Crippen LogP contribution in [-0.4, -0.2) is 16.8 Å². The van der Waals surface area contributed by atoms with Crippen molar-refractivity contribution < 1.29 is 0 Å². The molecule has 0 saturated heterocycles. The topological polar surface area (TPSA) is 29.9 Å². The molecule has 0 radical (unpaired) electrons. The third kappa shape index (κ3) is 2.39. The number of hydrogen-bond donors (Lipinski definition) is 1. The highest BCUT2D eigenvalue weighted by Gasteiger charge is 2.21. The maximum atomic E-state index is 6.31. The first-order valence-electron chi connectivity index (χ1n) is 5.65. The van der Waals surface area contributed by atoms with Crippen molar-refractivity contribution in [3.8, 4) is 0 Å². The number of nitrogens with one attached hydrogen (secondary N) is 1. The SMILES string of the molecule is CNC(c1ccc(C)cc1Cl)c1c(Cl)cnn1C. The summed E-state index contributed by atoms with van der Waals surface area (Å²) in [6.07, 6.45) is 1.64. The van der Waals surface area contributed by atoms with E-state index in [-0.39, 0.29) is 6.04 Å². The maximum absolute atomic E-state index is 6.31. The molecule has 1 N–H and O–H groups in total. The summed E-state index contributed by atoms with van der Waals surface area (Å²) in [6.45, 7) is 2.01. The van der Waals surface area contributed by atoms with Crippen molar-refractivity contribution in [1.82, 2.24) is 15.1 Å². The summed E-state index contributed by atoms with van der Waals surface area (Å²) >= 11 is 12.5. The van der Waals surface area contributed by atoms with Crippen molar-refractivity contribution >= 4 is 23.2 Å². The highest BCUT2D eigenvalue weighted by molar-refractivity contribution is 6.32. The maximum Gasteiger partial charge on any atom is 0.0837 e. The van der Waals surface area contributed by atoms with E-state index in [1.54, 1.807) is 10.9 Å². The zero-order valence-corrected chi connectivity index (χ0v) is 12.0. The number of aryl methyl sites for hydroxylation is 2. The number of nitrogens with zero attached hydrogens (tertiary/aromatic N) is 2. The average Bonchev–Trinajstić information content (AvgIpc) is 2.64. The molecular formula is C13H15Cl2N3. The Bertz CT molecular complexity index is 544. The van der Waals surface area contributed by atoms with E-state index in [1.807, 2.05) is 39.2 Å². The van der Waals surface area contributed by atoms with Gasteiger partial charge >= 0.3 is 0 Å². The van der Waals surface area contributed by atoms with Crippen molar-refractivity contribution in [2.75, 3.05) is 7.05 Å². The zero-order chi connectivity index (χ0) is 13.3. The van der Waals surface area contributed by atoms with Crippen LogP contribution in [0.3, 0.4) is 0 Å². The van der Waals surface area contributed by atoms with Gasteiger partial charge in [-0.3, -0.25) is 4.68 Å². The van der Waals surface area contributed by atoms with Gasteiger partial charge in [-0.2, -0.15) is 5.10 Å². The van der Waals surface area contributed by atoms with Crippen molar-refractivity contribution in [3.63, 3.8) is 0 Å². The second kappa shape index (κ2) is 5.31. The Kier molecular flexibility index (Phi) is 3.95. The van der Waals surface area contributed by atoms with E-state index in [4.69, 9.17) is 23.2 Å². The third-order valence-corrected chi connectivity index (χ3v) is 3.59. The number of halogens is 2. The molecule has 1 aromatic carbocycles. The molecule has 2 aromatic rings. The molecule has 0 aliphatic heterocycles. The van der Waals surface area contributed by atoms with Crippen molar-refractivity contribution in [1.29, 1.82) is 0 Å². The molecule has 0 spiro atoms.